The molecule has 1 N–H and O–H groups in total. The topological polar surface area (TPSA) is 52.9 Å². The summed E-state index contributed by atoms with van der Waals surface area (Å²) in [5.41, 5.74) is 3.19. The summed E-state index contributed by atoms with van der Waals surface area (Å²) in [6.45, 7) is 4.21. The van der Waals surface area contributed by atoms with E-state index in [9.17, 15) is 10.1 Å². The van der Waals surface area contributed by atoms with Gasteiger partial charge >= 0.3 is 0 Å². The molecule has 20 heavy (non-hydrogen) atoms. The Balaban J connectivity index is 2.12. The van der Waals surface area contributed by atoms with Gasteiger partial charge in [-0.25, -0.2) is 0 Å². The van der Waals surface area contributed by atoms with Crippen LogP contribution in [0.1, 0.15) is 38.2 Å². The molecule has 0 spiro atoms. The van der Waals surface area contributed by atoms with Crippen LogP contribution in [0.3, 0.4) is 0 Å². The average molecular weight is 268 g/mol. The number of allylic oxidation sites excluding steroid dienone is 1. The van der Waals surface area contributed by atoms with Crippen molar-refractivity contribution in [2.45, 2.75) is 39.5 Å². The summed E-state index contributed by atoms with van der Waals surface area (Å²) >= 11 is 0. The number of benzene rings is 1. The number of carbonyl (C=O) groups is 1. The maximum absolute atomic E-state index is 12.2. The van der Waals surface area contributed by atoms with Crippen molar-refractivity contribution in [2.75, 3.05) is 5.32 Å². The fourth-order valence-corrected chi connectivity index (χ4v) is 2.48. The van der Waals surface area contributed by atoms with Crippen molar-refractivity contribution in [1.29, 1.82) is 5.26 Å². The molecule has 3 heteroatoms. The molecule has 3 nitrogen and oxygen atoms in total. The molecular weight excluding hydrogens is 248 g/mol. The van der Waals surface area contributed by atoms with Crippen LogP contribution in [0.4, 0.5) is 5.69 Å². The second-order valence-electron chi connectivity index (χ2n) is 5.59. The van der Waals surface area contributed by atoms with E-state index in [1.165, 1.54) is 0 Å². The Kier molecular flexibility index (Phi) is 4.57. The van der Waals surface area contributed by atoms with Crippen LogP contribution < -0.4 is 5.32 Å². The zero-order valence-electron chi connectivity index (χ0n) is 12.1. The zero-order chi connectivity index (χ0) is 14.5. The first-order valence-electron chi connectivity index (χ1n) is 7.10. The smallest absolute Gasteiger partial charge is 0.266 e. The zero-order valence-corrected chi connectivity index (χ0v) is 12.1. The molecule has 0 unspecified atom stereocenters. The van der Waals surface area contributed by atoms with Crippen LogP contribution in [-0.4, -0.2) is 5.91 Å². The van der Waals surface area contributed by atoms with Gasteiger partial charge in [-0.3, -0.25) is 4.79 Å². The van der Waals surface area contributed by atoms with Gasteiger partial charge in [0.25, 0.3) is 5.91 Å². The summed E-state index contributed by atoms with van der Waals surface area (Å²) in [7, 11) is 0. The van der Waals surface area contributed by atoms with Gasteiger partial charge in [-0.2, -0.15) is 5.26 Å². The first-order valence-corrected chi connectivity index (χ1v) is 7.10. The molecule has 0 aliphatic heterocycles. The molecule has 104 valence electrons. The second-order valence-corrected chi connectivity index (χ2v) is 5.59. The lowest BCUT2D eigenvalue weighted by Crippen LogP contribution is -2.17. The highest BCUT2D eigenvalue weighted by Gasteiger charge is 2.20. The second kappa shape index (κ2) is 6.38. The lowest BCUT2D eigenvalue weighted by molar-refractivity contribution is -0.112. The number of nitriles is 1. The monoisotopic (exact) mass is 268 g/mol. The largest absolute Gasteiger partial charge is 0.321 e. The summed E-state index contributed by atoms with van der Waals surface area (Å²) < 4.78 is 0. The van der Waals surface area contributed by atoms with E-state index in [0.29, 0.717) is 11.5 Å². The summed E-state index contributed by atoms with van der Waals surface area (Å²) in [5.74, 6) is 0.416. The lowest BCUT2D eigenvalue weighted by atomic mass is 9.85. The van der Waals surface area contributed by atoms with Crippen molar-refractivity contribution < 1.29 is 4.79 Å². The number of anilines is 1. The van der Waals surface area contributed by atoms with Crippen LogP contribution in [0.2, 0.25) is 0 Å². The van der Waals surface area contributed by atoms with Crippen LogP contribution >= 0.6 is 0 Å². The van der Waals surface area contributed by atoms with Gasteiger partial charge in [0, 0.05) is 5.69 Å². The molecule has 1 fully saturated rings. The number of carbonyl (C=O) groups excluding carboxylic acids is 1. The van der Waals surface area contributed by atoms with E-state index < -0.39 is 0 Å². The van der Waals surface area contributed by atoms with E-state index in [1.807, 2.05) is 31.2 Å². The maximum Gasteiger partial charge on any atom is 0.266 e. The number of nitrogens with one attached hydrogen (secondary N) is 1. The quantitative estimate of drug-likeness (QED) is 0.652. The van der Waals surface area contributed by atoms with Crippen molar-refractivity contribution in [2.24, 2.45) is 5.92 Å². The van der Waals surface area contributed by atoms with Gasteiger partial charge in [-0.1, -0.05) is 24.6 Å². The molecule has 0 heterocycles. The molecule has 0 atom stereocenters. The molecule has 0 radical (unpaired) electrons. The Labute approximate surface area is 120 Å². The minimum absolute atomic E-state index is 0.277. The van der Waals surface area contributed by atoms with Crippen LogP contribution in [0.15, 0.2) is 35.4 Å². The van der Waals surface area contributed by atoms with E-state index in [1.54, 1.807) is 0 Å². The van der Waals surface area contributed by atoms with Gasteiger partial charge in [0.2, 0.25) is 0 Å². The number of amides is 1. The molecule has 0 aromatic heterocycles. The lowest BCUT2D eigenvalue weighted by Gasteiger charge is -2.21. The van der Waals surface area contributed by atoms with Crippen molar-refractivity contribution in [3.05, 3.63) is 41.0 Å². The molecule has 0 bridgehead atoms. The van der Waals surface area contributed by atoms with Crippen LogP contribution in [-0.2, 0) is 4.79 Å². The number of nitrogens with zero attached hydrogens (tertiary/aromatic N) is 1. The van der Waals surface area contributed by atoms with Gasteiger partial charge in [0.15, 0.2) is 0 Å². The standard InChI is InChI=1S/C17H20N2O/c1-12-3-7-14(8-4-12)16(11-18)17(20)19-15-9-5-13(2)6-10-15/h5-6,9-10,12H,3-4,7-8H2,1-2H3,(H,19,20). The Hall–Kier alpha value is -2.08. The third kappa shape index (κ3) is 3.48. The fraction of sp³-hybridized carbons (Fsp3) is 0.412. The number of aryl methyl sites for hydroxylation is 1. The van der Waals surface area contributed by atoms with Gasteiger partial charge in [-0.05, 0) is 56.2 Å². The van der Waals surface area contributed by atoms with E-state index in [-0.39, 0.29) is 5.91 Å². The summed E-state index contributed by atoms with van der Waals surface area (Å²) in [6, 6.07) is 9.68. The first-order chi connectivity index (χ1) is 9.60. The van der Waals surface area contributed by atoms with Crippen LogP contribution in [0.5, 0.6) is 0 Å². The van der Waals surface area contributed by atoms with E-state index in [4.69, 9.17) is 0 Å². The molecule has 1 aromatic rings. The van der Waals surface area contributed by atoms with Crippen molar-refractivity contribution >= 4 is 11.6 Å². The molecule has 1 aliphatic rings. The molecule has 1 aliphatic carbocycles. The van der Waals surface area contributed by atoms with Crippen molar-refractivity contribution in [3.63, 3.8) is 0 Å². The third-order valence-electron chi connectivity index (χ3n) is 3.88. The highest BCUT2D eigenvalue weighted by molar-refractivity contribution is 6.07. The van der Waals surface area contributed by atoms with E-state index in [2.05, 4.69) is 18.3 Å². The maximum atomic E-state index is 12.2. The molecule has 1 aromatic carbocycles. The summed E-state index contributed by atoms with van der Waals surface area (Å²) in [6.07, 6.45) is 3.87. The summed E-state index contributed by atoms with van der Waals surface area (Å²) in [4.78, 5) is 12.2. The Bertz CT molecular complexity index is 554. The predicted octanol–water partition coefficient (Wildman–Crippen LogP) is 3.96. The van der Waals surface area contributed by atoms with Gasteiger partial charge in [0.1, 0.15) is 11.6 Å². The van der Waals surface area contributed by atoms with E-state index in [0.717, 1.165) is 42.5 Å². The number of rotatable bonds is 2. The van der Waals surface area contributed by atoms with Crippen LogP contribution in [0.25, 0.3) is 0 Å². The highest BCUT2D eigenvalue weighted by Crippen LogP contribution is 2.30. The Morgan fingerprint density at radius 3 is 2.40 bits per heavy atom. The van der Waals surface area contributed by atoms with Gasteiger partial charge < -0.3 is 5.32 Å². The van der Waals surface area contributed by atoms with Crippen molar-refractivity contribution in [3.8, 4) is 6.07 Å². The molecule has 1 amide bonds. The molecule has 0 saturated heterocycles. The number of hydrogen-bond donors (Lipinski definition) is 1. The fourth-order valence-electron chi connectivity index (χ4n) is 2.48. The number of hydrogen-bond acceptors (Lipinski definition) is 2. The third-order valence-corrected chi connectivity index (χ3v) is 3.88. The first kappa shape index (κ1) is 14.3. The highest BCUT2D eigenvalue weighted by atomic mass is 16.1. The average Bonchev–Trinajstić information content (AvgIpc) is 2.44. The minimum Gasteiger partial charge on any atom is -0.321 e. The van der Waals surface area contributed by atoms with Gasteiger partial charge in [-0.15, -0.1) is 0 Å². The Morgan fingerprint density at radius 2 is 1.85 bits per heavy atom. The van der Waals surface area contributed by atoms with Crippen LogP contribution in [0, 0.1) is 24.2 Å². The van der Waals surface area contributed by atoms with Crippen molar-refractivity contribution in [1.82, 2.24) is 0 Å². The van der Waals surface area contributed by atoms with Gasteiger partial charge in [0.05, 0.1) is 0 Å². The molecule has 1 saturated carbocycles. The van der Waals surface area contributed by atoms with E-state index >= 15 is 0 Å². The molecule has 2 rings (SSSR count). The SMILES string of the molecule is Cc1ccc(NC(=O)C(C#N)=C2CCC(C)CC2)cc1. The minimum atomic E-state index is -0.277. The normalized spacial score (nSPS) is 18.2. The predicted molar refractivity (Wildman–Crippen MR) is 80.1 cm³/mol. The summed E-state index contributed by atoms with van der Waals surface area (Å²) in [5, 5.41) is 12.1. The molecular formula is C17H20N2O. The Morgan fingerprint density at radius 1 is 1.25 bits per heavy atom.